The summed E-state index contributed by atoms with van der Waals surface area (Å²) in [5.74, 6) is -0.929. The Hall–Kier alpha value is 0.220. The maximum atomic E-state index is 12.0. The molecule has 2 atom stereocenters. The molecule has 0 aliphatic heterocycles. The first kappa shape index (κ1) is 13.2. The summed E-state index contributed by atoms with van der Waals surface area (Å²) in [6.07, 6.45) is -4.47. The van der Waals surface area contributed by atoms with Crippen LogP contribution in [0.5, 0.6) is 0 Å². The van der Waals surface area contributed by atoms with Crippen molar-refractivity contribution in [3.8, 4) is 0 Å². The zero-order chi connectivity index (χ0) is 10.6. The summed E-state index contributed by atoms with van der Waals surface area (Å²) in [4.78, 5) is 7.49. The Kier molecular flexibility index (Phi) is 5.28. The molecule has 0 spiro atoms. The first-order valence-corrected chi connectivity index (χ1v) is 5.15. The van der Waals surface area contributed by atoms with Crippen LogP contribution in [0, 0.1) is 0 Å². The number of carbonyl (C=O) groups is 1. The average Bonchev–Trinajstić information content (AvgIpc) is 2.00. The minimum atomic E-state index is -4.47. The van der Waals surface area contributed by atoms with Crippen LogP contribution >= 0.6 is 31.9 Å². The van der Waals surface area contributed by atoms with Crippen molar-refractivity contribution in [2.75, 3.05) is 6.61 Å². The second-order valence-electron chi connectivity index (χ2n) is 2.10. The van der Waals surface area contributed by atoms with Crippen LogP contribution in [0.25, 0.3) is 0 Å². The third-order valence-electron chi connectivity index (χ3n) is 1.08. The van der Waals surface area contributed by atoms with Crippen molar-refractivity contribution >= 4 is 37.8 Å². The summed E-state index contributed by atoms with van der Waals surface area (Å²) in [5.41, 5.74) is 0. The molecule has 0 saturated carbocycles. The molecule has 78 valence electrons. The number of halogens is 5. The molecular formula is C6H7Br2F3O2. The van der Waals surface area contributed by atoms with Crippen LogP contribution in [0.1, 0.15) is 6.92 Å². The zero-order valence-corrected chi connectivity index (χ0v) is 9.74. The van der Waals surface area contributed by atoms with Crippen molar-refractivity contribution in [2.24, 2.45) is 0 Å². The predicted molar refractivity (Wildman–Crippen MR) is 48.1 cm³/mol. The smallest absolute Gasteiger partial charge is 0.402 e. The van der Waals surface area contributed by atoms with Crippen LogP contribution in [-0.4, -0.2) is 28.4 Å². The van der Waals surface area contributed by atoms with E-state index in [0.717, 1.165) is 0 Å². The van der Waals surface area contributed by atoms with Crippen molar-refractivity contribution in [3.05, 3.63) is 0 Å². The highest BCUT2D eigenvalue weighted by atomic mass is 79.9. The molecule has 0 heterocycles. The molecule has 0 rings (SSSR count). The summed E-state index contributed by atoms with van der Waals surface area (Å²) in [6, 6.07) is 0. The molecule has 2 nitrogen and oxygen atoms in total. The van der Waals surface area contributed by atoms with Crippen LogP contribution in [0.2, 0.25) is 0 Å². The molecule has 0 aromatic rings. The first-order chi connectivity index (χ1) is 5.80. The van der Waals surface area contributed by atoms with Crippen molar-refractivity contribution in [2.45, 2.75) is 22.8 Å². The SMILES string of the molecule is CCOC(=O)C(Br)[C@H](Br)C(F)(F)F. The van der Waals surface area contributed by atoms with E-state index in [1.807, 2.05) is 0 Å². The van der Waals surface area contributed by atoms with E-state index in [4.69, 9.17) is 0 Å². The van der Waals surface area contributed by atoms with Gasteiger partial charge in [0, 0.05) is 0 Å². The molecule has 0 fully saturated rings. The summed E-state index contributed by atoms with van der Waals surface area (Å²) >= 11 is 4.97. The second-order valence-corrected chi connectivity index (χ2v) is 4.07. The number of carbonyl (C=O) groups excluding carboxylic acids is 1. The van der Waals surface area contributed by atoms with Gasteiger partial charge in [0.15, 0.2) is 0 Å². The first-order valence-electron chi connectivity index (χ1n) is 3.32. The Morgan fingerprint density at radius 1 is 1.46 bits per heavy atom. The number of esters is 1. The molecule has 13 heavy (non-hydrogen) atoms. The third kappa shape index (κ3) is 4.30. The van der Waals surface area contributed by atoms with E-state index in [1.54, 1.807) is 0 Å². The maximum Gasteiger partial charge on any atom is 0.402 e. The Bertz CT molecular complexity index is 183. The molecule has 0 aliphatic rings. The van der Waals surface area contributed by atoms with Gasteiger partial charge in [0.2, 0.25) is 0 Å². The van der Waals surface area contributed by atoms with Gasteiger partial charge in [-0.25, -0.2) is 0 Å². The fourth-order valence-electron chi connectivity index (χ4n) is 0.507. The molecule has 0 saturated heterocycles. The van der Waals surface area contributed by atoms with E-state index < -0.39 is 21.8 Å². The fourth-order valence-corrected chi connectivity index (χ4v) is 1.15. The van der Waals surface area contributed by atoms with Gasteiger partial charge in [-0.05, 0) is 6.92 Å². The van der Waals surface area contributed by atoms with Crippen LogP contribution in [0.4, 0.5) is 13.2 Å². The highest BCUT2D eigenvalue weighted by Gasteiger charge is 2.45. The van der Waals surface area contributed by atoms with Crippen LogP contribution in [0.3, 0.4) is 0 Å². The number of alkyl halides is 5. The minimum Gasteiger partial charge on any atom is -0.465 e. The Morgan fingerprint density at radius 3 is 2.23 bits per heavy atom. The van der Waals surface area contributed by atoms with E-state index in [-0.39, 0.29) is 6.61 Å². The zero-order valence-electron chi connectivity index (χ0n) is 6.57. The molecular weight excluding hydrogens is 321 g/mol. The molecule has 7 heteroatoms. The van der Waals surface area contributed by atoms with Gasteiger partial charge in [-0.15, -0.1) is 0 Å². The van der Waals surface area contributed by atoms with E-state index in [0.29, 0.717) is 0 Å². The van der Waals surface area contributed by atoms with Gasteiger partial charge in [0.05, 0.1) is 6.61 Å². The number of rotatable bonds is 3. The van der Waals surface area contributed by atoms with Crippen molar-refractivity contribution in [1.82, 2.24) is 0 Å². The lowest BCUT2D eigenvalue weighted by Gasteiger charge is -2.17. The average molecular weight is 328 g/mol. The van der Waals surface area contributed by atoms with Gasteiger partial charge < -0.3 is 4.74 Å². The summed E-state index contributed by atoms with van der Waals surface area (Å²) in [5, 5.41) is 0. The quantitative estimate of drug-likeness (QED) is 0.588. The highest BCUT2D eigenvalue weighted by molar-refractivity contribution is 9.12. The summed E-state index contributed by atoms with van der Waals surface area (Å²) in [6.45, 7) is 1.58. The van der Waals surface area contributed by atoms with E-state index in [1.165, 1.54) is 6.92 Å². The van der Waals surface area contributed by atoms with Crippen LogP contribution < -0.4 is 0 Å². The number of hydrogen-bond donors (Lipinski definition) is 0. The van der Waals surface area contributed by atoms with Gasteiger partial charge in [-0.3, -0.25) is 4.79 Å². The van der Waals surface area contributed by atoms with Crippen LogP contribution in [0.15, 0.2) is 0 Å². The Labute approximate surface area is 90.1 Å². The van der Waals surface area contributed by atoms with E-state index in [2.05, 4.69) is 36.6 Å². The monoisotopic (exact) mass is 326 g/mol. The largest absolute Gasteiger partial charge is 0.465 e. The predicted octanol–water partition coefficient (Wildman–Crippen LogP) is 2.64. The Morgan fingerprint density at radius 2 is 1.92 bits per heavy atom. The molecule has 0 aromatic carbocycles. The third-order valence-corrected chi connectivity index (χ3v) is 3.74. The van der Waals surface area contributed by atoms with Crippen molar-refractivity contribution < 1.29 is 22.7 Å². The Balaban J connectivity index is 4.25. The fraction of sp³-hybridized carbons (Fsp3) is 0.833. The second kappa shape index (κ2) is 5.19. The lowest BCUT2D eigenvalue weighted by molar-refractivity contribution is -0.152. The molecule has 1 unspecified atom stereocenters. The maximum absolute atomic E-state index is 12.0. The minimum absolute atomic E-state index is 0.0541. The van der Waals surface area contributed by atoms with Gasteiger partial charge in [0.25, 0.3) is 0 Å². The molecule has 0 bridgehead atoms. The lowest BCUT2D eigenvalue weighted by atomic mass is 10.3. The van der Waals surface area contributed by atoms with E-state index >= 15 is 0 Å². The van der Waals surface area contributed by atoms with Gasteiger partial charge in [-0.2, -0.15) is 13.2 Å². The standard InChI is InChI=1S/C6H7Br2F3O2/c1-2-13-5(12)3(7)4(8)6(9,10)11/h3-4H,2H2,1H3/t3?,4-/m0/s1. The molecule has 0 aromatic heterocycles. The van der Waals surface area contributed by atoms with Crippen molar-refractivity contribution in [3.63, 3.8) is 0 Å². The van der Waals surface area contributed by atoms with Crippen LogP contribution in [-0.2, 0) is 9.53 Å². The van der Waals surface area contributed by atoms with Gasteiger partial charge >= 0.3 is 12.1 Å². The highest BCUT2D eigenvalue weighted by Crippen LogP contribution is 2.32. The number of hydrogen-bond acceptors (Lipinski definition) is 2. The van der Waals surface area contributed by atoms with Crippen molar-refractivity contribution in [1.29, 1.82) is 0 Å². The molecule has 0 radical (unpaired) electrons. The number of ether oxygens (including phenoxy) is 1. The van der Waals surface area contributed by atoms with Gasteiger partial charge in [-0.1, -0.05) is 31.9 Å². The normalized spacial score (nSPS) is 16.5. The molecule has 0 amide bonds. The summed E-state index contributed by atoms with van der Waals surface area (Å²) < 4.78 is 40.5. The van der Waals surface area contributed by atoms with E-state index in [9.17, 15) is 18.0 Å². The van der Waals surface area contributed by atoms with Gasteiger partial charge in [0.1, 0.15) is 9.65 Å². The lowest BCUT2D eigenvalue weighted by Crippen LogP contribution is -2.37. The summed E-state index contributed by atoms with van der Waals surface area (Å²) in [7, 11) is 0. The molecule has 0 aliphatic carbocycles. The molecule has 0 N–H and O–H groups in total. The topological polar surface area (TPSA) is 26.3 Å².